The lowest BCUT2D eigenvalue weighted by atomic mass is 9.66. The van der Waals surface area contributed by atoms with Crippen LogP contribution in [0.3, 0.4) is 0 Å². The zero-order chi connectivity index (χ0) is 23.3. The lowest BCUT2D eigenvalue weighted by Crippen LogP contribution is -2.60. The average molecular weight is 446 g/mol. The molecular weight excluding hydrogens is 418 g/mol. The number of nitrogens with zero attached hydrogens (tertiary/aromatic N) is 2. The summed E-state index contributed by atoms with van der Waals surface area (Å²) < 4.78 is 1.91. The number of aldehydes is 1. The molecule has 0 bridgehead atoms. The van der Waals surface area contributed by atoms with Gasteiger partial charge in [0.1, 0.15) is 17.5 Å². The van der Waals surface area contributed by atoms with E-state index in [1.165, 1.54) is 0 Å². The molecule has 1 aromatic heterocycles. The van der Waals surface area contributed by atoms with Gasteiger partial charge >= 0.3 is 5.97 Å². The molecule has 4 unspecified atom stereocenters. The first-order chi connectivity index (χ1) is 15.9. The van der Waals surface area contributed by atoms with E-state index in [2.05, 4.69) is 0 Å². The minimum atomic E-state index is -1.72. The molecule has 1 aliphatic carbocycles. The van der Waals surface area contributed by atoms with E-state index in [-0.39, 0.29) is 24.3 Å². The largest absolute Gasteiger partial charge is 0.480 e. The van der Waals surface area contributed by atoms with Gasteiger partial charge in [-0.3, -0.25) is 9.59 Å². The van der Waals surface area contributed by atoms with Crippen molar-refractivity contribution in [2.24, 2.45) is 18.7 Å². The lowest BCUT2D eigenvalue weighted by molar-refractivity contribution is -0.146. The molecule has 1 fully saturated rings. The molecule has 4 atom stereocenters. The number of amides is 1. The first-order valence-electron chi connectivity index (χ1n) is 11.3. The van der Waals surface area contributed by atoms with Gasteiger partial charge in [0.2, 0.25) is 0 Å². The molecule has 3 aromatic rings. The monoisotopic (exact) mass is 445 g/mol. The summed E-state index contributed by atoms with van der Waals surface area (Å²) in [7, 11) is 1.89. The number of hydrogen-bond donors (Lipinski definition) is 2. The standard InChI is InChI=1S/C26H27N3O4/c1-28-19-10-4-2-7-16(19)15-22(28)24(31)29-20-11-5-3-8-17(20)23(18-9-6-12-21(18)29)26(27,13-14-30)25(32)33/h2-5,7-8,10-11,14-15,18,21,23H,6,9,12-13,27H2,1H3,(H,32,33). The summed E-state index contributed by atoms with van der Waals surface area (Å²) in [5.74, 6) is -1.99. The lowest BCUT2D eigenvalue weighted by Gasteiger charge is -2.48. The van der Waals surface area contributed by atoms with Crippen LogP contribution in [0.25, 0.3) is 10.9 Å². The molecule has 1 aliphatic heterocycles. The quantitative estimate of drug-likeness (QED) is 0.585. The number of fused-ring (bicyclic) bond motifs is 3. The van der Waals surface area contributed by atoms with Crippen LogP contribution in [0, 0.1) is 5.92 Å². The van der Waals surface area contributed by atoms with Gasteiger partial charge in [-0.1, -0.05) is 42.8 Å². The number of nitrogens with two attached hydrogens (primary N) is 1. The van der Waals surface area contributed by atoms with E-state index in [1.54, 1.807) is 0 Å². The van der Waals surface area contributed by atoms with E-state index in [9.17, 15) is 19.5 Å². The van der Waals surface area contributed by atoms with E-state index < -0.39 is 17.4 Å². The first-order valence-corrected chi connectivity index (χ1v) is 11.3. The number of rotatable bonds is 5. The Labute approximate surface area is 191 Å². The maximum absolute atomic E-state index is 14.0. The third kappa shape index (κ3) is 3.10. The summed E-state index contributed by atoms with van der Waals surface area (Å²) in [5, 5.41) is 11.1. The van der Waals surface area contributed by atoms with Crippen LogP contribution in [0.1, 0.15) is 47.7 Å². The van der Waals surface area contributed by atoms with Crippen LogP contribution >= 0.6 is 0 Å². The van der Waals surface area contributed by atoms with E-state index >= 15 is 0 Å². The maximum atomic E-state index is 14.0. The number of para-hydroxylation sites is 2. The molecule has 170 valence electrons. The molecule has 7 heteroatoms. The molecule has 1 saturated carbocycles. The molecular formula is C26H27N3O4. The second-order valence-electron chi connectivity index (χ2n) is 9.24. The Kier molecular flexibility index (Phi) is 5.09. The minimum absolute atomic E-state index is 0.107. The molecule has 5 rings (SSSR count). The third-order valence-electron chi connectivity index (χ3n) is 7.59. The predicted octanol–water partition coefficient (Wildman–Crippen LogP) is 3.46. The van der Waals surface area contributed by atoms with Crippen molar-refractivity contribution in [3.63, 3.8) is 0 Å². The molecule has 2 aliphatic rings. The van der Waals surface area contributed by atoms with Crippen molar-refractivity contribution in [2.75, 3.05) is 4.90 Å². The molecule has 3 N–H and O–H groups in total. The van der Waals surface area contributed by atoms with Crippen molar-refractivity contribution in [3.05, 3.63) is 65.9 Å². The Hall–Kier alpha value is -3.45. The zero-order valence-corrected chi connectivity index (χ0v) is 18.5. The van der Waals surface area contributed by atoms with Crippen molar-refractivity contribution >= 4 is 34.8 Å². The maximum Gasteiger partial charge on any atom is 0.324 e. The number of aliphatic carboxylic acids is 1. The zero-order valence-electron chi connectivity index (χ0n) is 18.5. The van der Waals surface area contributed by atoms with Gasteiger partial charge in [-0.05, 0) is 42.5 Å². The van der Waals surface area contributed by atoms with Crippen LogP contribution in [0.5, 0.6) is 0 Å². The summed E-state index contributed by atoms with van der Waals surface area (Å²) in [4.78, 5) is 39.6. The number of carbonyl (C=O) groups excluding carboxylic acids is 2. The van der Waals surface area contributed by atoms with Crippen molar-refractivity contribution in [1.82, 2.24) is 4.57 Å². The van der Waals surface area contributed by atoms with E-state index in [0.29, 0.717) is 17.7 Å². The summed E-state index contributed by atoms with van der Waals surface area (Å²) in [6, 6.07) is 17.0. The van der Waals surface area contributed by atoms with Gasteiger partial charge < -0.3 is 25.1 Å². The molecule has 7 nitrogen and oxygen atoms in total. The van der Waals surface area contributed by atoms with Crippen LogP contribution in [0.4, 0.5) is 5.69 Å². The molecule has 1 amide bonds. The van der Waals surface area contributed by atoms with Gasteiger partial charge in [-0.15, -0.1) is 0 Å². The normalized spacial score (nSPS) is 23.6. The van der Waals surface area contributed by atoms with Gasteiger partial charge in [-0.2, -0.15) is 0 Å². The molecule has 0 radical (unpaired) electrons. The number of carboxylic acid groups (broad SMARTS) is 1. The van der Waals surface area contributed by atoms with E-state index in [1.807, 2.05) is 71.1 Å². The number of benzene rings is 2. The van der Waals surface area contributed by atoms with Crippen LogP contribution in [-0.4, -0.2) is 39.4 Å². The van der Waals surface area contributed by atoms with Crippen LogP contribution in [0.15, 0.2) is 54.6 Å². The van der Waals surface area contributed by atoms with Crippen LogP contribution in [-0.2, 0) is 16.6 Å². The summed E-state index contributed by atoms with van der Waals surface area (Å²) in [6.45, 7) is 0. The highest BCUT2D eigenvalue weighted by Gasteiger charge is 2.55. The highest BCUT2D eigenvalue weighted by Crippen LogP contribution is 2.53. The smallest absolute Gasteiger partial charge is 0.324 e. The second kappa shape index (κ2) is 7.85. The van der Waals surface area contributed by atoms with E-state index in [0.717, 1.165) is 35.7 Å². The highest BCUT2D eigenvalue weighted by atomic mass is 16.4. The van der Waals surface area contributed by atoms with Gasteiger partial charge in [0.25, 0.3) is 5.91 Å². The number of aryl methyl sites for hydroxylation is 1. The number of aromatic nitrogens is 1. The van der Waals surface area contributed by atoms with Crippen molar-refractivity contribution in [1.29, 1.82) is 0 Å². The summed E-state index contributed by atoms with van der Waals surface area (Å²) in [6.07, 6.45) is 2.71. The topological polar surface area (TPSA) is 106 Å². The molecule has 0 spiro atoms. The SMILES string of the molecule is Cn1c(C(=O)N2c3ccccc3C(C(N)(CC=O)C(=O)O)C3CCCC32)cc2ccccc21. The second-order valence-corrected chi connectivity index (χ2v) is 9.24. The van der Waals surface area contributed by atoms with E-state index in [4.69, 9.17) is 5.73 Å². The number of carboxylic acids is 1. The Morgan fingerprint density at radius 3 is 2.61 bits per heavy atom. The Morgan fingerprint density at radius 1 is 1.15 bits per heavy atom. The number of carbonyl (C=O) groups is 3. The molecule has 0 saturated heterocycles. The fourth-order valence-corrected chi connectivity index (χ4v) is 6.08. The Bertz CT molecular complexity index is 1270. The van der Waals surface area contributed by atoms with Gasteiger partial charge in [-0.25, -0.2) is 0 Å². The van der Waals surface area contributed by atoms with Crippen molar-refractivity contribution in [3.8, 4) is 0 Å². The number of hydrogen-bond acceptors (Lipinski definition) is 4. The van der Waals surface area contributed by atoms with Gasteiger partial charge in [0.05, 0.1) is 0 Å². The fourth-order valence-electron chi connectivity index (χ4n) is 6.08. The van der Waals surface area contributed by atoms with Crippen molar-refractivity contribution < 1.29 is 19.5 Å². The van der Waals surface area contributed by atoms with Crippen LogP contribution in [0.2, 0.25) is 0 Å². The van der Waals surface area contributed by atoms with Crippen LogP contribution < -0.4 is 10.6 Å². The molecule has 2 heterocycles. The van der Waals surface area contributed by atoms with Crippen molar-refractivity contribution in [2.45, 2.75) is 43.2 Å². The fraction of sp³-hybridized carbons (Fsp3) is 0.346. The summed E-state index contributed by atoms with van der Waals surface area (Å²) >= 11 is 0. The van der Waals surface area contributed by atoms with Gasteiger partial charge in [0.15, 0.2) is 0 Å². The third-order valence-corrected chi connectivity index (χ3v) is 7.59. The highest BCUT2D eigenvalue weighted by molar-refractivity contribution is 6.09. The summed E-state index contributed by atoms with van der Waals surface area (Å²) in [5.41, 5.74) is 7.71. The average Bonchev–Trinajstić information content (AvgIpc) is 3.41. The minimum Gasteiger partial charge on any atom is -0.480 e. The van der Waals surface area contributed by atoms with Gasteiger partial charge in [0, 0.05) is 42.0 Å². The Balaban J connectivity index is 1.67. The predicted molar refractivity (Wildman–Crippen MR) is 125 cm³/mol. The first kappa shape index (κ1) is 21.4. The molecule has 2 aromatic carbocycles. The Morgan fingerprint density at radius 2 is 1.88 bits per heavy atom. The number of anilines is 1. The molecule has 33 heavy (non-hydrogen) atoms.